The molecule has 0 saturated heterocycles. The van der Waals surface area contributed by atoms with E-state index in [4.69, 9.17) is 10.5 Å². The van der Waals surface area contributed by atoms with Crippen molar-refractivity contribution in [1.29, 1.82) is 0 Å². The second-order valence-electron chi connectivity index (χ2n) is 3.60. The molecule has 86 valence electrons. The molecule has 5 heteroatoms. The third-order valence-corrected chi connectivity index (χ3v) is 2.77. The molecule has 3 nitrogen and oxygen atoms in total. The van der Waals surface area contributed by atoms with E-state index >= 15 is 0 Å². The Balaban J connectivity index is 0.000000980. The molecule has 15 heavy (non-hydrogen) atoms. The van der Waals surface area contributed by atoms with E-state index in [1.54, 1.807) is 7.11 Å². The third-order valence-electron chi connectivity index (χ3n) is 2.77. The average molecular weight is 251 g/mol. The van der Waals surface area contributed by atoms with E-state index in [0.717, 1.165) is 18.4 Å². The summed E-state index contributed by atoms with van der Waals surface area (Å²) in [7, 11) is 1.61. The van der Waals surface area contributed by atoms with E-state index in [9.17, 15) is 0 Å². The van der Waals surface area contributed by atoms with Crippen molar-refractivity contribution in [2.45, 2.75) is 24.8 Å². The first kappa shape index (κ1) is 14.5. The number of pyridine rings is 1. The van der Waals surface area contributed by atoms with E-state index in [1.165, 1.54) is 6.42 Å². The molecule has 1 aliphatic carbocycles. The van der Waals surface area contributed by atoms with Crippen LogP contribution in [0.15, 0.2) is 18.3 Å². The molecule has 0 radical (unpaired) electrons. The lowest BCUT2D eigenvalue weighted by Crippen LogP contribution is -2.43. The van der Waals surface area contributed by atoms with Crippen molar-refractivity contribution in [3.63, 3.8) is 0 Å². The second-order valence-corrected chi connectivity index (χ2v) is 3.60. The lowest BCUT2D eigenvalue weighted by Gasteiger charge is -2.38. The predicted molar refractivity (Wildman–Crippen MR) is 65.0 cm³/mol. The maximum Gasteiger partial charge on any atom is 0.212 e. The van der Waals surface area contributed by atoms with Gasteiger partial charge in [-0.05, 0) is 24.8 Å². The van der Waals surface area contributed by atoms with E-state index < -0.39 is 0 Å². The molecule has 0 amide bonds. The van der Waals surface area contributed by atoms with Gasteiger partial charge in [0.2, 0.25) is 5.88 Å². The SMILES string of the molecule is COc1ccc(C2(N)CCC2)cn1.Cl.Cl. The molecule has 1 aliphatic rings. The Labute approximate surface area is 102 Å². The Morgan fingerprint density at radius 1 is 1.33 bits per heavy atom. The molecule has 0 atom stereocenters. The first-order chi connectivity index (χ1) is 6.24. The van der Waals surface area contributed by atoms with Crippen molar-refractivity contribution in [3.8, 4) is 5.88 Å². The Bertz CT molecular complexity index is 299. The predicted octanol–water partition coefficient (Wildman–Crippen LogP) is 2.27. The zero-order valence-electron chi connectivity index (χ0n) is 8.60. The number of nitrogens with zero attached hydrogens (tertiary/aromatic N) is 1. The fraction of sp³-hybridized carbons (Fsp3) is 0.500. The van der Waals surface area contributed by atoms with Crippen molar-refractivity contribution in [2.75, 3.05) is 7.11 Å². The highest BCUT2D eigenvalue weighted by Gasteiger charge is 2.34. The highest BCUT2D eigenvalue weighted by atomic mass is 35.5. The van der Waals surface area contributed by atoms with Gasteiger partial charge >= 0.3 is 0 Å². The fourth-order valence-corrected chi connectivity index (χ4v) is 1.64. The van der Waals surface area contributed by atoms with Crippen LogP contribution in [0, 0.1) is 0 Å². The maximum atomic E-state index is 6.13. The Morgan fingerprint density at radius 3 is 2.33 bits per heavy atom. The summed E-state index contributed by atoms with van der Waals surface area (Å²) in [6, 6.07) is 3.87. The van der Waals surface area contributed by atoms with Crippen molar-refractivity contribution < 1.29 is 4.74 Å². The van der Waals surface area contributed by atoms with Gasteiger partial charge in [-0.15, -0.1) is 24.8 Å². The minimum atomic E-state index is -0.112. The van der Waals surface area contributed by atoms with Crippen LogP contribution in [0.4, 0.5) is 0 Å². The summed E-state index contributed by atoms with van der Waals surface area (Å²) in [4.78, 5) is 4.14. The molecule has 0 unspecified atom stereocenters. The normalized spacial score (nSPS) is 16.7. The molecule has 1 saturated carbocycles. The quantitative estimate of drug-likeness (QED) is 0.877. The molecule has 1 fully saturated rings. The van der Waals surface area contributed by atoms with Gasteiger partial charge in [-0.3, -0.25) is 0 Å². The van der Waals surface area contributed by atoms with E-state index in [0.29, 0.717) is 5.88 Å². The van der Waals surface area contributed by atoms with E-state index in [1.807, 2.05) is 18.3 Å². The van der Waals surface area contributed by atoms with Gasteiger partial charge in [0.15, 0.2) is 0 Å². The minimum absolute atomic E-state index is 0. The highest BCUT2D eigenvalue weighted by Crippen LogP contribution is 2.38. The average Bonchev–Trinajstić information content (AvgIpc) is 2.14. The lowest BCUT2D eigenvalue weighted by atomic mass is 9.73. The van der Waals surface area contributed by atoms with Crippen LogP contribution in [0.5, 0.6) is 5.88 Å². The van der Waals surface area contributed by atoms with Gasteiger partial charge < -0.3 is 10.5 Å². The van der Waals surface area contributed by atoms with E-state index in [2.05, 4.69) is 4.98 Å². The molecule has 0 spiro atoms. The monoisotopic (exact) mass is 250 g/mol. The van der Waals surface area contributed by atoms with E-state index in [-0.39, 0.29) is 30.4 Å². The van der Waals surface area contributed by atoms with Gasteiger partial charge in [-0.25, -0.2) is 4.98 Å². The van der Waals surface area contributed by atoms with Crippen molar-refractivity contribution >= 4 is 24.8 Å². The number of ether oxygens (including phenoxy) is 1. The summed E-state index contributed by atoms with van der Waals surface area (Å²) in [6.45, 7) is 0. The van der Waals surface area contributed by atoms with Gasteiger partial charge in [-0.1, -0.05) is 6.07 Å². The topological polar surface area (TPSA) is 48.1 Å². The molecular formula is C10H16Cl2N2O. The minimum Gasteiger partial charge on any atom is -0.481 e. The van der Waals surface area contributed by atoms with Crippen LogP contribution in [0.1, 0.15) is 24.8 Å². The third kappa shape index (κ3) is 2.74. The molecule has 0 aromatic carbocycles. The molecule has 1 aromatic heterocycles. The van der Waals surface area contributed by atoms with Crippen LogP contribution in [0.25, 0.3) is 0 Å². The van der Waals surface area contributed by atoms with Crippen LogP contribution >= 0.6 is 24.8 Å². The first-order valence-electron chi connectivity index (χ1n) is 4.54. The molecule has 1 heterocycles. The summed E-state index contributed by atoms with van der Waals surface area (Å²) in [5.74, 6) is 0.645. The Morgan fingerprint density at radius 2 is 2.00 bits per heavy atom. The number of hydrogen-bond donors (Lipinski definition) is 1. The number of halogens is 2. The number of rotatable bonds is 2. The Kier molecular flexibility index (Phi) is 5.35. The van der Waals surface area contributed by atoms with Crippen LogP contribution in [-0.4, -0.2) is 12.1 Å². The largest absolute Gasteiger partial charge is 0.481 e. The fourth-order valence-electron chi connectivity index (χ4n) is 1.64. The van der Waals surface area contributed by atoms with Crippen molar-refractivity contribution in [1.82, 2.24) is 4.98 Å². The maximum absolute atomic E-state index is 6.13. The second kappa shape index (κ2) is 5.54. The van der Waals surface area contributed by atoms with Gasteiger partial charge in [0, 0.05) is 17.8 Å². The van der Waals surface area contributed by atoms with Crippen molar-refractivity contribution in [3.05, 3.63) is 23.9 Å². The highest BCUT2D eigenvalue weighted by molar-refractivity contribution is 5.85. The van der Waals surface area contributed by atoms with Gasteiger partial charge in [-0.2, -0.15) is 0 Å². The van der Waals surface area contributed by atoms with Crippen LogP contribution < -0.4 is 10.5 Å². The zero-order chi connectivity index (χ0) is 9.31. The van der Waals surface area contributed by atoms with Crippen LogP contribution in [0.3, 0.4) is 0 Å². The molecule has 0 aliphatic heterocycles. The summed E-state index contributed by atoms with van der Waals surface area (Å²) in [5.41, 5.74) is 7.15. The molecule has 2 rings (SSSR count). The number of methoxy groups -OCH3 is 1. The zero-order valence-corrected chi connectivity index (χ0v) is 10.2. The van der Waals surface area contributed by atoms with Crippen LogP contribution in [-0.2, 0) is 5.54 Å². The first-order valence-corrected chi connectivity index (χ1v) is 4.54. The summed E-state index contributed by atoms with van der Waals surface area (Å²) in [6.07, 6.45) is 5.18. The standard InChI is InChI=1S/C10H14N2O.2ClH/c1-13-9-4-3-8(7-12-9)10(11)5-2-6-10;;/h3-4,7H,2,5-6,11H2,1H3;2*1H. The molecule has 2 N–H and O–H groups in total. The van der Waals surface area contributed by atoms with Crippen molar-refractivity contribution in [2.24, 2.45) is 5.73 Å². The lowest BCUT2D eigenvalue weighted by molar-refractivity contribution is 0.252. The van der Waals surface area contributed by atoms with Crippen LogP contribution in [0.2, 0.25) is 0 Å². The van der Waals surface area contributed by atoms with Gasteiger partial charge in [0.05, 0.1) is 7.11 Å². The smallest absolute Gasteiger partial charge is 0.212 e. The Hall–Kier alpha value is -0.510. The molecular weight excluding hydrogens is 235 g/mol. The number of hydrogen-bond acceptors (Lipinski definition) is 3. The van der Waals surface area contributed by atoms with Gasteiger partial charge in [0.25, 0.3) is 0 Å². The summed E-state index contributed by atoms with van der Waals surface area (Å²) in [5, 5.41) is 0. The number of nitrogens with two attached hydrogens (primary N) is 1. The van der Waals surface area contributed by atoms with Gasteiger partial charge in [0.1, 0.15) is 0 Å². The summed E-state index contributed by atoms with van der Waals surface area (Å²) < 4.78 is 4.98. The molecule has 1 aromatic rings. The molecule has 0 bridgehead atoms. The summed E-state index contributed by atoms with van der Waals surface area (Å²) >= 11 is 0. The number of aromatic nitrogens is 1.